The van der Waals surface area contributed by atoms with Gasteiger partial charge in [-0.1, -0.05) is 30.3 Å². The molecule has 0 saturated carbocycles. The number of esters is 1. The first-order chi connectivity index (χ1) is 15.2. The van der Waals surface area contributed by atoms with Crippen LogP contribution in [0.1, 0.15) is 29.3 Å². The molecule has 0 unspecified atom stereocenters. The summed E-state index contributed by atoms with van der Waals surface area (Å²) in [6.07, 6.45) is -0.678. The van der Waals surface area contributed by atoms with E-state index in [2.05, 4.69) is 0 Å². The number of hydrogen-bond acceptors (Lipinski definition) is 7. The maximum absolute atomic E-state index is 12.6. The Bertz CT molecular complexity index is 1070. The van der Waals surface area contributed by atoms with Crippen LogP contribution in [0.15, 0.2) is 48.5 Å². The number of likely N-dealkylation sites (N-methyl/N-ethyl adjacent to an activating group) is 1. The molecule has 8 nitrogen and oxygen atoms in total. The van der Waals surface area contributed by atoms with Crippen molar-refractivity contribution in [1.29, 1.82) is 0 Å². The number of rotatable bonds is 8. The molecule has 1 heterocycles. The van der Waals surface area contributed by atoms with Crippen molar-refractivity contribution in [3.8, 4) is 11.5 Å². The summed E-state index contributed by atoms with van der Waals surface area (Å²) in [5.41, 5.74) is 1.20. The minimum absolute atomic E-state index is 0.0575. The van der Waals surface area contributed by atoms with Gasteiger partial charge in [-0.05, 0) is 37.1 Å². The van der Waals surface area contributed by atoms with Crippen LogP contribution < -0.4 is 9.47 Å². The molecule has 0 aliphatic carbocycles. The molecule has 1 saturated heterocycles. The molecule has 0 radical (unpaired) electrons. The fraction of sp³-hybridized carbons (Fsp3) is 0.391. The highest BCUT2D eigenvalue weighted by Gasteiger charge is 2.35. The highest BCUT2D eigenvalue weighted by Crippen LogP contribution is 2.29. The Balaban J connectivity index is 1.62. The predicted molar refractivity (Wildman–Crippen MR) is 118 cm³/mol. The van der Waals surface area contributed by atoms with Crippen molar-refractivity contribution in [3.63, 3.8) is 0 Å². The van der Waals surface area contributed by atoms with E-state index in [-0.39, 0.29) is 17.1 Å². The minimum Gasteiger partial charge on any atom is -0.493 e. The first kappa shape index (κ1) is 23.6. The molecule has 32 heavy (non-hydrogen) atoms. The van der Waals surface area contributed by atoms with E-state index in [1.807, 2.05) is 30.3 Å². The van der Waals surface area contributed by atoms with Gasteiger partial charge in [0.05, 0.1) is 24.2 Å². The van der Waals surface area contributed by atoms with Crippen LogP contribution in [0.4, 0.5) is 0 Å². The molecule has 2 aromatic carbocycles. The van der Waals surface area contributed by atoms with Crippen LogP contribution >= 0.6 is 0 Å². The Morgan fingerprint density at radius 2 is 1.84 bits per heavy atom. The van der Waals surface area contributed by atoms with Crippen LogP contribution in [0.25, 0.3) is 0 Å². The second kappa shape index (κ2) is 10.0. The van der Waals surface area contributed by atoms with Gasteiger partial charge in [-0.25, -0.2) is 13.2 Å². The zero-order valence-electron chi connectivity index (χ0n) is 18.3. The second-order valence-corrected chi connectivity index (χ2v) is 9.92. The number of nitrogens with zero attached hydrogens (tertiary/aromatic N) is 1. The van der Waals surface area contributed by atoms with Gasteiger partial charge < -0.3 is 19.1 Å². The molecule has 2 atom stereocenters. The molecule has 1 amide bonds. The predicted octanol–water partition coefficient (Wildman–Crippen LogP) is 2.46. The fourth-order valence-corrected chi connectivity index (χ4v) is 5.25. The minimum atomic E-state index is -3.13. The Labute approximate surface area is 188 Å². The third kappa shape index (κ3) is 5.79. The number of benzene rings is 2. The lowest BCUT2D eigenvalue weighted by Crippen LogP contribution is -2.44. The van der Waals surface area contributed by atoms with E-state index in [1.165, 1.54) is 38.1 Å². The van der Waals surface area contributed by atoms with Crippen molar-refractivity contribution in [2.45, 2.75) is 32.1 Å². The molecule has 9 heteroatoms. The summed E-state index contributed by atoms with van der Waals surface area (Å²) in [5, 5.41) is 0. The number of methoxy groups -OCH3 is 1. The van der Waals surface area contributed by atoms with E-state index >= 15 is 0 Å². The van der Waals surface area contributed by atoms with Crippen molar-refractivity contribution in [3.05, 3.63) is 59.7 Å². The Kier molecular flexibility index (Phi) is 7.40. The first-order valence-corrected chi connectivity index (χ1v) is 12.0. The quantitative estimate of drug-likeness (QED) is 0.557. The highest BCUT2D eigenvalue weighted by atomic mass is 32.2. The van der Waals surface area contributed by atoms with E-state index in [1.54, 1.807) is 6.07 Å². The van der Waals surface area contributed by atoms with Gasteiger partial charge in [0.15, 0.2) is 27.4 Å². The van der Waals surface area contributed by atoms with Crippen molar-refractivity contribution in [1.82, 2.24) is 4.90 Å². The normalized spacial score (nSPS) is 17.9. The average Bonchev–Trinajstić information content (AvgIpc) is 3.16. The lowest BCUT2D eigenvalue weighted by Gasteiger charge is -2.26. The van der Waals surface area contributed by atoms with Crippen LogP contribution in [-0.4, -0.2) is 63.0 Å². The molecule has 172 valence electrons. The number of amides is 1. The van der Waals surface area contributed by atoms with E-state index < -0.39 is 33.9 Å². The van der Waals surface area contributed by atoms with Gasteiger partial charge in [0.1, 0.15) is 6.61 Å². The van der Waals surface area contributed by atoms with Crippen molar-refractivity contribution in [2.75, 3.05) is 25.7 Å². The third-order valence-corrected chi connectivity index (χ3v) is 7.12. The summed E-state index contributed by atoms with van der Waals surface area (Å²) in [6.45, 7) is 1.81. The van der Waals surface area contributed by atoms with Crippen molar-refractivity contribution in [2.24, 2.45) is 0 Å². The zero-order chi connectivity index (χ0) is 23.3. The summed E-state index contributed by atoms with van der Waals surface area (Å²) in [4.78, 5) is 26.5. The smallest absolute Gasteiger partial charge is 0.339 e. The fourth-order valence-electron chi connectivity index (χ4n) is 3.48. The van der Waals surface area contributed by atoms with Gasteiger partial charge in [0.2, 0.25) is 0 Å². The molecule has 1 aliphatic heterocycles. The third-order valence-electron chi connectivity index (χ3n) is 5.37. The van der Waals surface area contributed by atoms with Crippen LogP contribution in [-0.2, 0) is 26.0 Å². The van der Waals surface area contributed by atoms with Gasteiger partial charge in [0.25, 0.3) is 5.91 Å². The average molecular weight is 462 g/mol. The molecule has 0 aromatic heterocycles. The molecule has 0 spiro atoms. The number of carbonyl (C=O) groups is 2. The maximum Gasteiger partial charge on any atom is 0.339 e. The van der Waals surface area contributed by atoms with Crippen molar-refractivity contribution < 1.29 is 32.2 Å². The summed E-state index contributed by atoms with van der Waals surface area (Å²) in [7, 11) is -0.131. The Hall–Kier alpha value is -3.07. The van der Waals surface area contributed by atoms with E-state index in [0.717, 1.165) is 5.56 Å². The van der Waals surface area contributed by atoms with Crippen LogP contribution in [0.5, 0.6) is 11.5 Å². The lowest BCUT2D eigenvalue weighted by molar-refractivity contribution is -0.140. The van der Waals surface area contributed by atoms with Gasteiger partial charge in [-0.15, -0.1) is 0 Å². The van der Waals surface area contributed by atoms with Crippen LogP contribution in [0.2, 0.25) is 0 Å². The van der Waals surface area contributed by atoms with E-state index in [9.17, 15) is 18.0 Å². The highest BCUT2D eigenvalue weighted by molar-refractivity contribution is 7.91. The topological polar surface area (TPSA) is 99.2 Å². The summed E-state index contributed by atoms with van der Waals surface area (Å²) < 4.78 is 39.8. The Morgan fingerprint density at radius 3 is 2.47 bits per heavy atom. The maximum atomic E-state index is 12.6. The van der Waals surface area contributed by atoms with Crippen LogP contribution in [0, 0.1) is 0 Å². The molecule has 1 aliphatic rings. The van der Waals surface area contributed by atoms with Crippen molar-refractivity contribution >= 4 is 21.7 Å². The number of hydrogen-bond donors (Lipinski definition) is 0. The molecule has 3 rings (SSSR count). The van der Waals surface area contributed by atoms with Gasteiger partial charge in [-0.3, -0.25) is 4.79 Å². The monoisotopic (exact) mass is 461 g/mol. The first-order valence-electron chi connectivity index (χ1n) is 10.2. The summed E-state index contributed by atoms with van der Waals surface area (Å²) in [6, 6.07) is 13.9. The molecule has 0 N–H and O–H groups in total. The molecule has 2 aromatic rings. The van der Waals surface area contributed by atoms with E-state index in [4.69, 9.17) is 14.2 Å². The lowest BCUT2D eigenvalue weighted by atomic mass is 10.2. The number of carbonyl (C=O) groups excluding carboxylic acids is 2. The Morgan fingerprint density at radius 1 is 1.12 bits per heavy atom. The SMILES string of the molecule is COc1cc(C(=O)O[C@H](C)C(=O)N(C)[C@H]2CCS(=O)(=O)C2)ccc1OCc1ccccc1. The molecule has 1 fully saturated rings. The number of sulfone groups is 1. The number of ether oxygens (including phenoxy) is 3. The largest absolute Gasteiger partial charge is 0.493 e. The van der Waals surface area contributed by atoms with Gasteiger partial charge in [0, 0.05) is 13.1 Å². The molecular formula is C23H27NO7S. The van der Waals surface area contributed by atoms with Gasteiger partial charge in [-0.2, -0.15) is 0 Å². The van der Waals surface area contributed by atoms with Gasteiger partial charge >= 0.3 is 5.97 Å². The second-order valence-electron chi connectivity index (χ2n) is 7.69. The standard InChI is InChI=1S/C23H27NO7S/c1-16(22(25)24(2)19-11-12-32(27,28)15-19)31-23(26)18-9-10-20(21(13-18)29-3)30-14-17-7-5-4-6-8-17/h4-10,13,16,19H,11-12,14-15H2,1-3H3/t16-,19+/m1/s1. The summed E-state index contributed by atoms with van der Waals surface area (Å²) >= 11 is 0. The van der Waals surface area contributed by atoms with E-state index in [0.29, 0.717) is 24.5 Å². The molecule has 0 bridgehead atoms. The summed E-state index contributed by atoms with van der Waals surface area (Å²) in [5.74, 6) is -0.317. The zero-order valence-corrected chi connectivity index (χ0v) is 19.1. The van der Waals surface area contributed by atoms with Crippen LogP contribution in [0.3, 0.4) is 0 Å². The molecular weight excluding hydrogens is 434 g/mol.